The van der Waals surface area contributed by atoms with Crippen molar-refractivity contribution in [1.29, 1.82) is 0 Å². The molecule has 0 bridgehead atoms. The average Bonchev–Trinajstić information content (AvgIpc) is 2.89. The third-order valence-electron chi connectivity index (χ3n) is 4.69. The first-order valence-electron chi connectivity index (χ1n) is 8.52. The number of benzene rings is 1. The summed E-state index contributed by atoms with van der Waals surface area (Å²) in [5, 5.41) is 0. The standard InChI is InChI=1S/C19H23N3O2/c1-21-14-20-13-17(21)19(24)22-11-7-3-6-10-16(22)12-18(23)15-8-4-2-5-9-15/h2,4-5,8-9,13-14,16H,3,6-7,10-12H2,1H3. The Morgan fingerprint density at radius 2 is 1.96 bits per heavy atom. The van der Waals surface area contributed by atoms with Gasteiger partial charge in [-0.05, 0) is 12.8 Å². The molecule has 0 spiro atoms. The Morgan fingerprint density at radius 1 is 1.17 bits per heavy atom. The Hall–Kier alpha value is -2.43. The minimum absolute atomic E-state index is 0.0252. The lowest BCUT2D eigenvalue weighted by molar-refractivity contribution is 0.0650. The van der Waals surface area contributed by atoms with Crippen LogP contribution < -0.4 is 0 Å². The number of rotatable bonds is 4. The van der Waals surface area contributed by atoms with Crippen LogP contribution in [0.4, 0.5) is 0 Å². The maximum absolute atomic E-state index is 12.9. The highest BCUT2D eigenvalue weighted by atomic mass is 16.2. The first kappa shape index (κ1) is 16.4. The van der Waals surface area contributed by atoms with Crippen molar-refractivity contribution in [2.45, 2.75) is 38.1 Å². The summed E-state index contributed by atoms with van der Waals surface area (Å²) < 4.78 is 1.74. The number of nitrogens with zero attached hydrogens (tertiary/aromatic N) is 3. The van der Waals surface area contributed by atoms with Crippen LogP contribution in [0.5, 0.6) is 0 Å². The molecule has 0 aliphatic carbocycles. The summed E-state index contributed by atoms with van der Waals surface area (Å²) in [6, 6.07) is 9.29. The van der Waals surface area contributed by atoms with E-state index in [-0.39, 0.29) is 17.7 Å². The number of likely N-dealkylation sites (tertiary alicyclic amines) is 1. The molecule has 0 saturated carbocycles. The molecule has 1 aliphatic rings. The van der Waals surface area contributed by atoms with E-state index in [4.69, 9.17) is 0 Å². The Kier molecular flexibility index (Phi) is 5.08. The second-order valence-corrected chi connectivity index (χ2v) is 6.38. The zero-order valence-corrected chi connectivity index (χ0v) is 14.0. The van der Waals surface area contributed by atoms with Crippen LogP contribution in [0.1, 0.15) is 53.0 Å². The molecule has 3 rings (SSSR count). The van der Waals surface area contributed by atoms with Crippen LogP contribution in [0, 0.1) is 0 Å². The Bertz CT molecular complexity index is 708. The van der Waals surface area contributed by atoms with Gasteiger partial charge in [0.2, 0.25) is 0 Å². The average molecular weight is 325 g/mol. The highest BCUT2D eigenvalue weighted by molar-refractivity contribution is 5.97. The largest absolute Gasteiger partial charge is 0.334 e. The van der Waals surface area contributed by atoms with Gasteiger partial charge in [-0.3, -0.25) is 9.59 Å². The van der Waals surface area contributed by atoms with E-state index in [1.807, 2.05) is 42.3 Å². The molecule has 1 saturated heterocycles. The van der Waals surface area contributed by atoms with Crippen LogP contribution in [-0.2, 0) is 7.05 Å². The van der Waals surface area contributed by atoms with Gasteiger partial charge >= 0.3 is 0 Å². The lowest BCUT2D eigenvalue weighted by Gasteiger charge is -2.29. The van der Waals surface area contributed by atoms with Gasteiger partial charge < -0.3 is 9.47 Å². The highest BCUT2D eigenvalue weighted by Crippen LogP contribution is 2.23. The van der Waals surface area contributed by atoms with E-state index in [9.17, 15) is 9.59 Å². The molecule has 1 aromatic carbocycles. The van der Waals surface area contributed by atoms with E-state index in [0.717, 1.165) is 31.2 Å². The summed E-state index contributed by atoms with van der Waals surface area (Å²) in [7, 11) is 1.82. The van der Waals surface area contributed by atoms with E-state index < -0.39 is 0 Å². The molecule has 2 aromatic rings. The summed E-state index contributed by atoms with van der Waals surface area (Å²) in [5.74, 6) is 0.0769. The first-order valence-corrected chi connectivity index (χ1v) is 8.52. The van der Waals surface area contributed by atoms with Gasteiger partial charge in [0.1, 0.15) is 5.69 Å². The molecule has 1 fully saturated rings. The Labute approximate surface area is 142 Å². The van der Waals surface area contributed by atoms with Gasteiger partial charge in [-0.2, -0.15) is 0 Å². The molecule has 0 N–H and O–H groups in total. The molecule has 5 nitrogen and oxygen atoms in total. The maximum Gasteiger partial charge on any atom is 0.272 e. The number of hydrogen-bond donors (Lipinski definition) is 0. The van der Waals surface area contributed by atoms with Crippen LogP contribution in [0.3, 0.4) is 0 Å². The molecule has 1 unspecified atom stereocenters. The normalized spacial score (nSPS) is 18.2. The van der Waals surface area contributed by atoms with Gasteiger partial charge in [-0.25, -0.2) is 4.98 Å². The number of aryl methyl sites for hydroxylation is 1. The minimum Gasteiger partial charge on any atom is -0.334 e. The molecule has 0 radical (unpaired) electrons. The fourth-order valence-electron chi connectivity index (χ4n) is 3.32. The number of carbonyl (C=O) groups excluding carboxylic acids is 2. The van der Waals surface area contributed by atoms with Crippen LogP contribution in [0.2, 0.25) is 0 Å². The lowest BCUT2D eigenvalue weighted by atomic mass is 9.99. The number of Topliss-reactive ketones (excluding diaryl/α,β-unsaturated/α-hetero) is 1. The summed E-state index contributed by atoms with van der Waals surface area (Å²) in [5.41, 5.74) is 1.30. The third-order valence-corrected chi connectivity index (χ3v) is 4.69. The molecule has 5 heteroatoms. The van der Waals surface area contributed by atoms with Crippen molar-refractivity contribution in [3.8, 4) is 0 Å². The topological polar surface area (TPSA) is 55.2 Å². The molecule has 24 heavy (non-hydrogen) atoms. The first-order chi connectivity index (χ1) is 11.7. The van der Waals surface area contributed by atoms with E-state index in [1.165, 1.54) is 0 Å². The summed E-state index contributed by atoms with van der Waals surface area (Å²) in [6.07, 6.45) is 7.64. The molecule has 126 valence electrons. The predicted molar refractivity (Wildman–Crippen MR) is 91.9 cm³/mol. The van der Waals surface area contributed by atoms with Crippen molar-refractivity contribution in [2.24, 2.45) is 7.05 Å². The molecular weight excluding hydrogens is 302 g/mol. The second-order valence-electron chi connectivity index (χ2n) is 6.38. The Balaban J connectivity index is 1.79. The fourth-order valence-corrected chi connectivity index (χ4v) is 3.32. The molecule has 1 atom stereocenters. The monoisotopic (exact) mass is 325 g/mol. The Morgan fingerprint density at radius 3 is 2.67 bits per heavy atom. The van der Waals surface area contributed by atoms with Crippen LogP contribution >= 0.6 is 0 Å². The van der Waals surface area contributed by atoms with E-state index in [0.29, 0.717) is 18.7 Å². The van der Waals surface area contributed by atoms with E-state index in [1.54, 1.807) is 17.1 Å². The number of amides is 1. The van der Waals surface area contributed by atoms with Gasteiger partial charge in [0, 0.05) is 31.6 Å². The second kappa shape index (κ2) is 7.43. The molecular formula is C19H23N3O2. The van der Waals surface area contributed by atoms with Crippen molar-refractivity contribution < 1.29 is 9.59 Å². The van der Waals surface area contributed by atoms with Crippen molar-refractivity contribution in [3.63, 3.8) is 0 Å². The van der Waals surface area contributed by atoms with Crippen LogP contribution in [0.25, 0.3) is 0 Å². The molecule has 1 amide bonds. The van der Waals surface area contributed by atoms with Gasteiger partial charge in [0.15, 0.2) is 5.78 Å². The SMILES string of the molecule is Cn1cncc1C(=O)N1CCCCCC1CC(=O)c1ccccc1. The van der Waals surface area contributed by atoms with Gasteiger partial charge in [0.25, 0.3) is 5.91 Å². The minimum atomic E-state index is -0.0393. The van der Waals surface area contributed by atoms with Crippen LogP contribution in [-0.4, -0.2) is 38.7 Å². The number of hydrogen-bond acceptors (Lipinski definition) is 3. The summed E-state index contributed by atoms with van der Waals surface area (Å²) >= 11 is 0. The zero-order valence-electron chi connectivity index (χ0n) is 14.0. The lowest BCUT2D eigenvalue weighted by Crippen LogP contribution is -2.41. The molecule has 2 heterocycles. The summed E-state index contributed by atoms with van der Waals surface area (Å²) in [6.45, 7) is 0.705. The van der Waals surface area contributed by atoms with Crippen molar-refractivity contribution in [3.05, 3.63) is 54.1 Å². The van der Waals surface area contributed by atoms with Gasteiger partial charge in [-0.1, -0.05) is 43.2 Å². The predicted octanol–water partition coefficient (Wildman–Crippen LogP) is 3.08. The number of carbonyl (C=O) groups is 2. The van der Waals surface area contributed by atoms with Crippen molar-refractivity contribution in [2.75, 3.05) is 6.54 Å². The number of imidazole rings is 1. The van der Waals surface area contributed by atoms with Crippen LogP contribution in [0.15, 0.2) is 42.9 Å². The zero-order chi connectivity index (χ0) is 16.9. The number of aromatic nitrogens is 2. The van der Waals surface area contributed by atoms with E-state index >= 15 is 0 Å². The third kappa shape index (κ3) is 3.55. The van der Waals surface area contributed by atoms with Gasteiger partial charge in [0.05, 0.1) is 12.5 Å². The van der Waals surface area contributed by atoms with Crippen molar-refractivity contribution in [1.82, 2.24) is 14.5 Å². The van der Waals surface area contributed by atoms with Gasteiger partial charge in [-0.15, -0.1) is 0 Å². The molecule has 1 aliphatic heterocycles. The van der Waals surface area contributed by atoms with Crippen molar-refractivity contribution >= 4 is 11.7 Å². The quantitative estimate of drug-likeness (QED) is 0.812. The highest BCUT2D eigenvalue weighted by Gasteiger charge is 2.29. The smallest absolute Gasteiger partial charge is 0.272 e. The van der Waals surface area contributed by atoms with E-state index in [2.05, 4.69) is 4.98 Å². The fraction of sp³-hybridized carbons (Fsp3) is 0.421. The summed E-state index contributed by atoms with van der Waals surface area (Å²) in [4.78, 5) is 31.4. The maximum atomic E-state index is 12.9. The molecule has 1 aromatic heterocycles. The number of ketones is 1.